The van der Waals surface area contributed by atoms with E-state index in [0.717, 1.165) is 25.7 Å². The van der Waals surface area contributed by atoms with Gasteiger partial charge in [0.25, 0.3) is 0 Å². The van der Waals surface area contributed by atoms with Crippen molar-refractivity contribution in [3.05, 3.63) is 59.7 Å². The van der Waals surface area contributed by atoms with Crippen molar-refractivity contribution in [3.8, 4) is 0 Å². The molecule has 2 aromatic carbocycles. The van der Waals surface area contributed by atoms with Crippen molar-refractivity contribution in [2.45, 2.75) is 473 Å². The topological polar surface area (TPSA) is 114 Å². The normalized spacial score (nSPS) is 11.7. The molecule has 93 heavy (non-hydrogen) atoms. The number of rotatable bonds is 72. The van der Waals surface area contributed by atoms with Gasteiger partial charge in [-0.1, -0.05) is 474 Å². The van der Waals surface area contributed by atoms with Gasteiger partial charge in [0.15, 0.2) is 0 Å². The molecule has 0 N–H and O–H groups in total. The SMILES string of the molecule is CCCCCCCCCCCCCCCCCCCCCCCCCCCCCCCCCCCCc1ccccc1S(=O)(=O)[O-].CCCCCCCCCCCCCCCCCCCCCCCCCCCCCCCCCCCCc1ccccc1S(=O)(=O)[O-].[Ba+2]. The van der Waals surface area contributed by atoms with Crippen molar-refractivity contribution >= 4 is 69.1 Å². The van der Waals surface area contributed by atoms with Crippen molar-refractivity contribution in [1.29, 1.82) is 0 Å². The van der Waals surface area contributed by atoms with Crippen LogP contribution in [0.2, 0.25) is 0 Å². The van der Waals surface area contributed by atoms with Gasteiger partial charge in [0.1, 0.15) is 20.2 Å². The Hall–Kier alpha value is -0.169. The molecule has 540 valence electrons. The van der Waals surface area contributed by atoms with Gasteiger partial charge < -0.3 is 9.11 Å². The number of hydrogen-bond acceptors (Lipinski definition) is 6. The molecule has 9 heteroatoms. The van der Waals surface area contributed by atoms with Gasteiger partial charge in [0.2, 0.25) is 0 Å². The Labute approximate surface area is 622 Å². The Morgan fingerprint density at radius 2 is 0.323 bits per heavy atom. The van der Waals surface area contributed by atoms with Crippen molar-refractivity contribution < 1.29 is 25.9 Å². The molecule has 0 spiro atoms. The molecule has 2 rings (SSSR count). The van der Waals surface area contributed by atoms with E-state index in [1.807, 2.05) is 12.1 Å². The largest absolute Gasteiger partial charge is 2.00 e. The molecule has 0 heterocycles. The maximum atomic E-state index is 11.4. The first kappa shape index (κ1) is 92.8. The van der Waals surface area contributed by atoms with Gasteiger partial charge in [-0.3, -0.25) is 0 Å². The molecule has 0 radical (unpaired) electrons. The van der Waals surface area contributed by atoms with Crippen LogP contribution in [0.1, 0.15) is 462 Å². The summed E-state index contributed by atoms with van der Waals surface area (Å²) in [5, 5.41) is 0. The summed E-state index contributed by atoms with van der Waals surface area (Å²) in [7, 11) is -8.73. The van der Waals surface area contributed by atoms with E-state index in [1.165, 1.54) is 423 Å². The Morgan fingerprint density at radius 3 is 0.452 bits per heavy atom. The van der Waals surface area contributed by atoms with E-state index >= 15 is 0 Å². The van der Waals surface area contributed by atoms with E-state index in [2.05, 4.69) is 13.8 Å². The first-order chi connectivity index (χ1) is 45.1. The zero-order valence-corrected chi connectivity index (χ0v) is 68.2. The molecule has 0 unspecified atom stereocenters. The smallest absolute Gasteiger partial charge is 0.744 e. The predicted molar refractivity (Wildman–Crippen MR) is 407 cm³/mol. The second-order valence-corrected chi connectivity index (χ2v) is 31.7. The molecule has 2 aromatic rings. The zero-order chi connectivity index (χ0) is 66.5. The minimum Gasteiger partial charge on any atom is -0.744 e. The third kappa shape index (κ3) is 66.2. The maximum Gasteiger partial charge on any atom is 2.00 e. The molecule has 0 atom stereocenters. The fraction of sp³-hybridized carbons (Fsp3) is 0.857. The third-order valence-corrected chi connectivity index (χ3v) is 22.0. The molecule has 0 aliphatic carbocycles. The van der Waals surface area contributed by atoms with Crippen LogP contribution in [0.5, 0.6) is 0 Å². The Kier molecular flexibility index (Phi) is 72.9. The van der Waals surface area contributed by atoms with Crippen molar-refractivity contribution in [1.82, 2.24) is 0 Å². The molecular weight excluding hydrogens is 1310 g/mol. The van der Waals surface area contributed by atoms with E-state index in [4.69, 9.17) is 0 Å². The van der Waals surface area contributed by atoms with Gasteiger partial charge in [-0.05, 0) is 48.9 Å². The first-order valence-corrected chi connectivity index (χ1v) is 44.0. The molecule has 0 bridgehead atoms. The summed E-state index contributed by atoms with van der Waals surface area (Å²) in [5.74, 6) is 0. The predicted octanol–water partition coefficient (Wildman–Crippen LogP) is 28.5. The minimum absolute atomic E-state index is 0. The van der Waals surface area contributed by atoms with E-state index < -0.39 is 20.2 Å². The van der Waals surface area contributed by atoms with Crippen LogP contribution >= 0.6 is 0 Å². The van der Waals surface area contributed by atoms with E-state index in [9.17, 15) is 25.9 Å². The first-order valence-electron chi connectivity index (χ1n) is 41.2. The second kappa shape index (κ2) is 73.1. The summed E-state index contributed by atoms with van der Waals surface area (Å²) < 4.78 is 68.3. The average Bonchev–Trinajstić information content (AvgIpc) is 1.27. The minimum atomic E-state index is -4.37. The van der Waals surface area contributed by atoms with Gasteiger partial charge in [0, 0.05) is 0 Å². The van der Waals surface area contributed by atoms with Crippen molar-refractivity contribution in [2.24, 2.45) is 0 Å². The Balaban J connectivity index is 0.00000180. The van der Waals surface area contributed by atoms with Crippen LogP contribution in [-0.4, -0.2) is 74.8 Å². The van der Waals surface area contributed by atoms with E-state index in [1.54, 1.807) is 24.3 Å². The summed E-state index contributed by atoms with van der Waals surface area (Å²) in [5.41, 5.74) is 1.35. The summed E-state index contributed by atoms with van der Waals surface area (Å²) in [4.78, 5) is -0.0814. The van der Waals surface area contributed by atoms with Crippen LogP contribution < -0.4 is 0 Å². The number of hydrogen-bond donors (Lipinski definition) is 0. The van der Waals surface area contributed by atoms with Crippen molar-refractivity contribution in [3.63, 3.8) is 0 Å². The fourth-order valence-corrected chi connectivity index (χ4v) is 15.5. The van der Waals surface area contributed by atoms with Gasteiger partial charge in [-0.15, -0.1) is 0 Å². The number of benzene rings is 2. The maximum absolute atomic E-state index is 11.4. The van der Waals surface area contributed by atoms with Gasteiger partial charge in [-0.2, -0.15) is 0 Å². The molecule has 6 nitrogen and oxygen atoms in total. The van der Waals surface area contributed by atoms with Gasteiger partial charge >= 0.3 is 48.9 Å². The number of unbranched alkanes of at least 4 members (excludes halogenated alkanes) is 66. The Bertz CT molecular complexity index is 1880. The van der Waals surface area contributed by atoms with Crippen LogP contribution in [0.3, 0.4) is 0 Å². The molecule has 0 saturated carbocycles. The Morgan fingerprint density at radius 1 is 0.204 bits per heavy atom. The molecule has 0 aliphatic heterocycles. The van der Waals surface area contributed by atoms with Crippen LogP contribution in [0.4, 0.5) is 0 Å². The monoisotopic (exact) mass is 1460 g/mol. The van der Waals surface area contributed by atoms with Crippen LogP contribution in [0.15, 0.2) is 58.3 Å². The molecule has 0 aromatic heterocycles. The molecule has 0 saturated heterocycles. The fourth-order valence-electron chi connectivity index (χ4n) is 14.0. The van der Waals surface area contributed by atoms with Crippen LogP contribution in [-0.2, 0) is 33.1 Å². The summed E-state index contributed by atoms with van der Waals surface area (Å²) in [6.07, 6.45) is 96.8. The molecular formula is C84H154BaO6S2. The van der Waals surface area contributed by atoms with Crippen molar-refractivity contribution in [2.75, 3.05) is 0 Å². The van der Waals surface area contributed by atoms with Crippen LogP contribution in [0, 0.1) is 0 Å². The average molecular weight is 1460 g/mol. The molecule has 0 amide bonds. The van der Waals surface area contributed by atoms with E-state index in [-0.39, 0.29) is 58.7 Å². The second-order valence-electron chi connectivity index (χ2n) is 29.0. The summed E-state index contributed by atoms with van der Waals surface area (Å²) >= 11 is 0. The van der Waals surface area contributed by atoms with Gasteiger partial charge in [-0.25, -0.2) is 16.8 Å². The van der Waals surface area contributed by atoms with Crippen LogP contribution in [0.25, 0.3) is 0 Å². The third-order valence-electron chi connectivity index (χ3n) is 20.1. The standard InChI is InChI=1S/2C42H78O3S.Ba/c2*1-2-3-4-5-6-7-8-9-10-11-12-13-14-15-16-17-18-19-20-21-22-23-24-25-26-27-28-29-30-31-32-33-34-35-38-41-39-36-37-40-42(41)46(43,44)45;/h2*36-37,39-40H,2-35,38H2,1H3,(H,43,44,45);/q;;+2/p-2. The molecule has 0 aliphatic rings. The van der Waals surface area contributed by atoms with E-state index in [0.29, 0.717) is 24.0 Å². The number of aryl methyl sites for hydroxylation is 2. The quantitative estimate of drug-likeness (QED) is 0.0370. The summed E-state index contributed by atoms with van der Waals surface area (Å²) in [6.45, 7) is 4.60. The summed E-state index contributed by atoms with van der Waals surface area (Å²) in [6, 6.07) is 13.3. The van der Waals surface area contributed by atoms with Gasteiger partial charge in [0.05, 0.1) is 9.79 Å². The zero-order valence-electron chi connectivity index (χ0n) is 62.1. The molecule has 0 fully saturated rings.